The SMILES string of the molecule is CN(C)S(=O)(=O)c1ccc(NC(=O)C2CCCN(C(=O)c3ccoc3)C2)cc1. The van der Waals surface area contributed by atoms with Gasteiger partial charge in [-0.3, -0.25) is 9.59 Å². The van der Waals surface area contributed by atoms with Gasteiger partial charge < -0.3 is 14.6 Å². The van der Waals surface area contributed by atoms with Crippen LogP contribution in [-0.4, -0.2) is 56.6 Å². The maximum Gasteiger partial charge on any atom is 0.257 e. The lowest BCUT2D eigenvalue weighted by Crippen LogP contribution is -2.43. The lowest BCUT2D eigenvalue weighted by atomic mass is 9.96. The minimum Gasteiger partial charge on any atom is -0.472 e. The number of hydrogen-bond donors (Lipinski definition) is 1. The molecular formula is C19H23N3O5S. The number of sulfonamides is 1. The summed E-state index contributed by atoms with van der Waals surface area (Å²) in [5.74, 6) is -0.660. The van der Waals surface area contributed by atoms with Gasteiger partial charge in [0.05, 0.1) is 22.6 Å². The number of likely N-dealkylation sites (tertiary alicyclic amines) is 1. The monoisotopic (exact) mass is 405 g/mol. The standard InChI is InChI=1S/C19H23N3O5S/c1-21(2)28(25,26)17-7-5-16(6-8-17)20-18(23)14-4-3-10-22(12-14)19(24)15-9-11-27-13-15/h5-9,11,13-14H,3-4,10,12H2,1-2H3,(H,20,23). The first kappa shape index (κ1) is 20.1. The number of nitrogens with zero attached hydrogens (tertiary/aromatic N) is 2. The number of hydrogen-bond acceptors (Lipinski definition) is 5. The van der Waals surface area contributed by atoms with Crippen LogP contribution in [0.4, 0.5) is 5.69 Å². The fraction of sp³-hybridized carbons (Fsp3) is 0.368. The van der Waals surface area contributed by atoms with E-state index in [0.29, 0.717) is 30.8 Å². The summed E-state index contributed by atoms with van der Waals surface area (Å²) >= 11 is 0. The Morgan fingerprint density at radius 2 is 1.89 bits per heavy atom. The van der Waals surface area contributed by atoms with E-state index in [0.717, 1.165) is 10.7 Å². The van der Waals surface area contributed by atoms with Crippen molar-refractivity contribution in [1.82, 2.24) is 9.21 Å². The highest BCUT2D eigenvalue weighted by Gasteiger charge is 2.29. The van der Waals surface area contributed by atoms with Crippen molar-refractivity contribution < 1.29 is 22.4 Å². The Hall–Kier alpha value is -2.65. The number of rotatable bonds is 5. The first-order valence-corrected chi connectivity index (χ1v) is 10.4. The second-order valence-corrected chi connectivity index (χ2v) is 9.06. The van der Waals surface area contributed by atoms with Gasteiger partial charge in [0.2, 0.25) is 15.9 Å². The number of carbonyl (C=O) groups excluding carboxylic acids is 2. The summed E-state index contributed by atoms with van der Waals surface area (Å²) in [6.07, 6.45) is 4.27. The summed E-state index contributed by atoms with van der Waals surface area (Å²) in [5.41, 5.74) is 0.986. The molecule has 0 aliphatic carbocycles. The normalized spacial score (nSPS) is 17.5. The molecule has 1 saturated heterocycles. The second kappa shape index (κ2) is 8.15. The minimum atomic E-state index is -3.51. The van der Waals surface area contributed by atoms with Gasteiger partial charge in [-0.25, -0.2) is 12.7 Å². The zero-order chi connectivity index (χ0) is 20.3. The van der Waals surface area contributed by atoms with Crippen molar-refractivity contribution in [3.63, 3.8) is 0 Å². The molecule has 1 aliphatic heterocycles. The molecule has 1 aliphatic rings. The van der Waals surface area contributed by atoms with Gasteiger partial charge in [0.25, 0.3) is 5.91 Å². The van der Waals surface area contributed by atoms with Gasteiger partial charge in [-0.2, -0.15) is 0 Å². The van der Waals surface area contributed by atoms with E-state index in [-0.39, 0.29) is 22.6 Å². The van der Waals surface area contributed by atoms with Gasteiger partial charge in [0, 0.05) is 32.9 Å². The maximum atomic E-state index is 12.6. The Balaban J connectivity index is 1.63. The zero-order valence-electron chi connectivity index (χ0n) is 15.8. The third-order valence-corrected chi connectivity index (χ3v) is 6.58. The number of amides is 2. The van der Waals surface area contributed by atoms with E-state index < -0.39 is 10.0 Å². The number of piperidine rings is 1. The van der Waals surface area contributed by atoms with E-state index in [9.17, 15) is 18.0 Å². The smallest absolute Gasteiger partial charge is 0.257 e. The molecular weight excluding hydrogens is 382 g/mol. The number of furan rings is 1. The lowest BCUT2D eigenvalue weighted by molar-refractivity contribution is -0.121. The van der Waals surface area contributed by atoms with Crippen LogP contribution in [0, 0.1) is 5.92 Å². The topological polar surface area (TPSA) is 99.9 Å². The number of anilines is 1. The van der Waals surface area contributed by atoms with Gasteiger partial charge in [-0.15, -0.1) is 0 Å². The molecule has 1 atom stereocenters. The molecule has 1 aromatic heterocycles. The summed E-state index contributed by atoms with van der Waals surface area (Å²) in [6.45, 7) is 0.938. The van der Waals surface area contributed by atoms with E-state index in [4.69, 9.17) is 4.42 Å². The predicted octanol–water partition coefficient (Wildman–Crippen LogP) is 2.02. The zero-order valence-corrected chi connectivity index (χ0v) is 16.6. The van der Waals surface area contributed by atoms with Gasteiger partial charge >= 0.3 is 0 Å². The van der Waals surface area contributed by atoms with Crippen molar-refractivity contribution in [2.45, 2.75) is 17.7 Å². The van der Waals surface area contributed by atoms with Crippen molar-refractivity contribution in [3.05, 3.63) is 48.4 Å². The van der Waals surface area contributed by atoms with E-state index in [1.165, 1.54) is 38.8 Å². The molecule has 150 valence electrons. The van der Waals surface area contributed by atoms with Gasteiger partial charge in [-0.05, 0) is 43.2 Å². The Bertz CT molecular complexity index is 936. The molecule has 0 spiro atoms. The van der Waals surface area contributed by atoms with Crippen molar-refractivity contribution in [2.24, 2.45) is 5.92 Å². The Morgan fingerprint density at radius 1 is 1.18 bits per heavy atom. The van der Waals surface area contributed by atoms with Crippen LogP contribution in [0.1, 0.15) is 23.2 Å². The molecule has 0 bridgehead atoms. The van der Waals surface area contributed by atoms with Gasteiger partial charge in [0.1, 0.15) is 6.26 Å². The number of nitrogens with one attached hydrogen (secondary N) is 1. The fourth-order valence-corrected chi connectivity index (χ4v) is 4.01. The molecule has 2 amide bonds. The largest absolute Gasteiger partial charge is 0.472 e. The predicted molar refractivity (Wildman–Crippen MR) is 103 cm³/mol. The third-order valence-electron chi connectivity index (χ3n) is 4.75. The molecule has 0 radical (unpaired) electrons. The maximum absolute atomic E-state index is 12.6. The highest BCUT2D eigenvalue weighted by molar-refractivity contribution is 7.89. The first-order chi connectivity index (χ1) is 13.3. The summed E-state index contributed by atoms with van der Waals surface area (Å²) in [5, 5.41) is 2.81. The summed E-state index contributed by atoms with van der Waals surface area (Å²) in [4.78, 5) is 26.9. The fourth-order valence-electron chi connectivity index (χ4n) is 3.11. The highest BCUT2D eigenvalue weighted by Crippen LogP contribution is 2.22. The van der Waals surface area contributed by atoms with Crippen LogP contribution in [0.15, 0.2) is 52.2 Å². The summed E-state index contributed by atoms with van der Waals surface area (Å²) < 4.78 is 30.3. The van der Waals surface area contributed by atoms with Gasteiger partial charge in [-0.1, -0.05) is 0 Å². The van der Waals surface area contributed by atoms with Crippen LogP contribution < -0.4 is 5.32 Å². The Labute approximate surface area is 164 Å². The van der Waals surface area contributed by atoms with Crippen molar-refractivity contribution in [3.8, 4) is 0 Å². The first-order valence-electron chi connectivity index (χ1n) is 8.94. The molecule has 1 aromatic carbocycles. The third kappa shape index (κ3) is 4.26. The lowest BCUT2D eigenvalue weighted by Gasteiger charge is -2.31. The molecule has 2 aromatic rings. The molecule has 1 N–H and O–H groups in total. The van der Waals surface area contributed by atoms with Crippen LogP contribution in [0.2, 0.25) is 0 Å². The molecule has 8 nitrogen and oxygen atoms in total. The summed E-state index contributed by atoms with van der Waals surface area (Å²) in [6, 6.07) is 7.65. The van der Waals surface area contributed by atoms with Crippen LogP contribution in [0.5, 0.6) is 0 Å². The minimum absolute atomic E-state index is 0.149. The van der Waals surface area contributed by atoms with Crippen molar-refractivity contribution in [1.29, 1.82) is 0 Å². The molecule has 1 unspecified atom stereocenters. The molecule has 0 saturated carbocycles. The highest BCUT2D eigenvalue weighted by atomic mass is 32.2. The Morgan fingerprint density at radius 3 is 2.50 bits per heavy atom. The van der Waals surface area contributed by atoms with E-state index in [1.807, 2.05) is 0 Å². The number of carbonyl (C=O) groups is 2. The molecule has 28 heavy (non-hydrogen) atoms. The molecule has 3 rings (SSSR count). The molecule has 1 fully saturated rings. The van der Waals surface area contributed by atoms with Crippen molar-refractivity contribution >= 4 is 27.5 Å². The van der Waals surface area contributed by atoms with Crippen LogP contribution in [0.25, 0.3) is 0 Å². The van der Waals surface area contributed by atoms with Crippen LogP contribution in [-0.2, 0) is 14.8 Å². The van der Waals surface area contributed by atoms with Crippen LogP contribution >= 0.6 is 0 Å². The average molecular weight is 405 g/mol. The average Bonchev–Trinajstić information content (AvgIpc) is 3.22. The molecule has 9 heteroatoms. The van der Waals surface area contributed by atoms with Gasteiger partial charge in [0.15, 0.2) is 0 Å². The molecule has 2 heterocycles. The number of benzene rings is 1. The van der Waals surface area contributed by atoms with E-state index >= 15 is 0 Å². The van der Waals surface area contributed by atoms with Crippen molar-refractivity contribution in [2.75, 3.05) is 32.5 Å². The summed E-state index contributed by atoms with van der Waals surface area (Å²) in [7, 11) is -0.586. The van der Waals surface area contributed by atoms with E-state index in [1.54, 1.807) is 23.1 Å². The quantitative estimate of drug-likeness (QED) is 0.820. The second-order valence-electron chi connectivity index (χ2n) is 6.90. The van der Waals surface area contributed by atoms with E-state index in [2.05, 4.69) is 5.32 Å². The van der Waals surface area contributed by atoms with Crippen LogP contribution in [0.3, 0.4) is 0 Å². The Kier molecular flexibility index (Phi) is 5.85.